The summed E-state index contributed by atoms with van der Waals surface area (Å²) in [5.74, 6) is 0. The summed E-state index contributed by atoms with van der Waals surface area (Å²) < 4.78 is 28.0. The van der Waals surface area contributed by atoms with Crippen LogP contribution in [0.2, 0.25) is 0 Å². The zero-order valence-electron chi connectivity index (χ0n) is 9.73. The van der Waals surface area contributed by atoms with E-state index in [9.17, 15) is 8.42 Å². The summed E-state index contributed by atoms with van der Waals surface area (Å²) >= 11 is 0. The minimum atomic E-state index is -3.20. The van der Waals surface area contributed by atoms with Crippen LogP contribution in [0.15, 0.2) is 29.2 Å². The highest BCUT2D eigenvalue weighted by Gasteiger charge is 2.13. The average Bonchev–Trinajstić information content (AvgIpc) is 2.17. The van der Waals surface area contributed by atoms with E-state index in [0.717, 1.165) is 0 Å². The molecule has 1 rings (SSSR count). The molecule has 1 atom stereocenters. The van der Waals surface area contributed by atoms with Gasteiger partial charge >= 0.3 is 0 Å². The molecule has 0 amide bonds. The molecule has 0 spiro atoms. The molecule has 0 aliphatic carbocycles. The maximum atomic E-state index is 11.5. The number of hydrogen-bond acceptors (Lipinski definition) is 4. The predicted octanol–water partition coefficient (Wildman–Crippen LogP) is 1.54. The van der Waals surface area contributed by atoms with Crippen molar-refractivity contribution in [2.45, 2.75) is 17.9 Å². The third-order valence-corrected chi connectivity index (χ3v) is 3.26. The standard InChI is InChI=1S/C11H17NO3S/c1-9(8-15-2)12-10-6-4-5-7-11(10)16(3,13)14/h4-7,9,12H,8H2,1-3H3. The molecule has 0 aromatic heterocycles. The number of rotatable bonds is 5. The van der Waals surface area contributed by atoms with Gasteiger partial charge < -0.3 is 10.1 Å². The van der Waals surface area contributed by atoms with Crippen LogP contribution in [0.5, 0.6) is 0 Å². The van der Waals surface area contributed by atoms with E-state index in [1.54, 1.807) is 31.4 Å². The van der Waals surface area contributed by atoms with Crippen LogP contribution in [0.1, 0.15) is 6.92 Å². The summed E-state index contributed by atoms with van der Waals surface area (Å²) in [6.07, 6.45) is 1.20. The zero-order valence-corrected chi connectivity index (χ0v) is 10.5. The summed E-state index contributed by atoms with van der Waals surface area (Å²) in [6, 6.07) is 6.92. The molecular formula is C11H17NO3S. The first-order valence-electron chi connectivity index (χ1n) is 4.99. The first-order chi connectivity index (χ1) is 7.45. The summed E-state index contributed by atoms with van der Waals surface area (Å²) in [5, 5.41) is 3.11. The Bertz CT molecular complexity index is 442. The lowest BCUT2D eigenvalue weighted by molar-refractivity contribution is 0.190. The number of ether oxygens (including phenoxy) is 1. The molecule has 5 heteroatoms. The fourth-order valence-corrected chi connectivity index (χ4v) is 2.32. The van der Waals surface area contributed by atoms with Crippen molar-refractivity contribution in [3.05, 3.63) is 24.3 Å². The molecule has 4 nitrogen and oxygen atoms in total. The van der Waals surface area contributed by atoms with E-state index in [1.807, 2.05) is 6.92 Å². The van der Waals surface area contributed by atoms with Gasteiger partial charge in [0.1, 0.15) is 0 Å². The van der Waals surface area contributed by atoms with Crippen LogP contribution in [-0.2, 0) is 14.6 Å². The van der Waals surface area contributed by atoms with Crippen molar-refractivity contribution in [3.63, 3.8) is 0 Å². The van der Waals surface area contributed by atoms with Gasteiger partial charge in [-0.05, 0) is 19.1 Å². The summed E-state index contributed by atoms with van der Waals surface area (Å²) in [6.45, 7) is 2.46. The van der Waals surface area contributed by atoms with Crippen molar-refractivity contribution in [3.8, 4) is 0 Å². The Morgan fingerprint density at radius 2 is 2.00 bits per heavy atom. The second-order valence-electron chi connectivity index (χ2n) is 3.77. The van der Waals surface area contributed by atoms with Crippen molar-refractivity contribution >= 4 is 15.5 Å². The number of benzene rings is 1. The Morgan fingerprint density at radius 1 is 1.38 bits per heavy atom. The molecule has 0 aliphatic heterocycles. The van der Waals surface area contributed by atoms with Crippen LogP contribution in [0.3, 0.4) is 0 Å². The van der Waals surface area contributed by atoms with Gasteiger partial charge in [0, 0.05) is 19.4 Å². The number of para-hydroxylation sites is 1. The van der Waals surface area contributed by atoms with Crippen LogP contribution in [-0.4, -0.2) is 34.4 Å². The Kier molecular flexibility index (Phi) is 4.32. The van der Waals surface area contributed by atoms with E-state index in [0.29, 0.717) is 17.2 Å². The number of nitrogens with one attached hydrogen (secondary N) is 1. The molecule has 1 N–H and O–H groups in total. The highest BCUT2D eigenvalue weighted by molar-refractivity contribution is 7.90. The second-order valence-corrected chi connectivity index (χ2v) is 5.75. The van der Waals surface area contributed by atoms with Crippen LogP contribution in [0.4, 0.5) is 5.69 Å². The van der Waals surface area contributed by atoms with Crippen LogP contribution in [0.25, 0.3) is 0 Å². The lowest BCUT2D eigenvalue weighted by Gasteiger charge is -2.16. The van der Waals surface area contributed by atoms with Crippen molar-refractivity contribution in [1.29, 1.82) is 0 Å². The number of methoxy groups -OCH3 is 1. The molecule has 16 heavy (non-hydrogen) atoms. The van der Waals surface area contributed by atoms with Gasteiger partial charge in [0.05, 0.1) is 17.2 Å². The normalized spacial score (nSPS) is 13.4. The third-order valence-electron chi connectivity index (χ3n) is 2.11. The Labute approximate surface area is 96.5 Å². The van der Waals surface area contributed by atoms with Crippen LogP contribution in [0, 0.1) is 0 Å². The molecule has 1 aromatic rings. The van der Waals surface area contributed by atoms with E-state index < -0.39 is 9.84 Å². The van der Waals surface area contributed by atoms with Crippen LogP contribution < -0.4 is 5.32 Å². The molecule has 0 radical (unpaired) electrons. The molecule has 1 aromatic carbocycles. The van der Waals surface area contributed by atoms with Gasteiger partial charge in [-0.3, -0.25) is 0 Å². The first-order valence-corrected chi connectivity index (χ1v) is 6.89. The maximum Gasteiger partial charge on any atom is 0.177 e. The largest absolute Gasteiger partial charge is 0.383 e. The number of anilines is 1. The van der Waals surface area contributed by atoms with Crippen molar-refractivity contribution in [2.75, 3.05) is 25.3 Å². The van der Waals surface area contributed by atoms with E-state index in [4.69, 9.17) is 4.74 Å². The second kappa shape index (κ2) is 5.32. The van der Waals surface area contributed by atoms with E-state index in [2.05, 4.69) is 5.32 Å². The molecule has 0 heterocycles. The van der Waals surface area contributed by atoms with Crippen molar-refractivity contribution < 1.29 is 13.2 Å². The molecule has 0 fully saturated rings. The molecule has 0 aliphatic rings. The monoisotopic (exact) mass is 243 g/mol. The van der Waals surface area contributed by atoms with Gasteiger partial charge in [-0.2, -0.15) is 0 Å². The lowest BCUT2D eigenvalue weighted by Crippen LogP contribution is -2.22. The Balaban J connectivity index is 2.96. The fraction of sp³-hybridized carbons (Fsp3) is 0.455. The molecule has 1 unspecified atom stereocenters. The zero-order chi connectivity index (χ0) is 12.2. The van der Waals surface area contributed by atoms with Gasteiger partial charge in [0.2, 0.25) is 0 Å². The van der Waals surface area contributed by atoms with E-state index >= 15 is 0 Å². The predicted molar refractivity (Wildman–Crippen MR) is 64.5 cm³/mol. The first kappa shape index (κ1) is 13.0. The number of hydrogen-bond donors (Lipinski definition) is 1. The number of sulfone groups is 1. The minimum absolute atomic E-state index is 0.0629. The quantitative estimate of drug-likeness (QED) is 0.852. The van der Waals surface area contributed by atoms with Gasteiger partial charge in [-0.25, -0.2) is 8.42 Å². The highest BCUT2D eigenvalue weighted by atomic mass is 32.2. The maximum absolute atomic E-state index is 11.5. The van der Waals surface area contributed by atoms with Gasteiger partial charge in [0.15, 0.2) is 9.84 Å². The summed E-state index contributed by atoms with van der Waals surface area (Å²) in [5.41, 5.74) is 0.620. The van der Waals surface area contributed by atoms with Gasteiger partial charge in [-0.15, -0.1) is 0 Å². The molecular weight excluding hydrogens is 226 g/mol. The summed E-state index contributed by atoms with van der Waals surface area (Å²) in [4.78, 5) is 0.318. The highest BCUT2D eigenvalue weighted by Crippen LogP contribution is 2.21. The van der Waals surface area contributed by atoms with E-state index in [1.165, 1.54) is 6.26 Å². The Hall–Kier alpha value is -1.07. The van der Waals surface area contributed by atoms with Gasteiger partial charge in [-0.1, -0.05) is 12.1 Å². The van der Waals surface area contributed by atoms with E-state index in [-0.39, 0.29) is 6.04 Å². The fourth-order valence-electron chi connectivity index (χ4n) is 1.47. The SMILES string of the molecule is COCC(C)Nc1ccccc1S(C)(=O)=O. The van der Waals surface area contributed by atoms with Crippen molar-refractivity contribution in [2.24, 2.45) is 0 Å². The van der Waals surface area contributed by atoms with Crippen molar-refractivity contribution in [1.82, 2.24) is 0 Å². The van der Waals surface area contributed by atoms with Gasteiger partial charge in [0.25, 0.3) is 0 Å². The smallest absolute Gasteiger partial charge is 0.177 e. The molecule has 0 saturated carbocycles. The minimum Gasteiger partial charge on any atom is -0.383 e. The topological polar surface area (TPSA) is 55.4 Å². The Morgan fingerprint density at radius 3 is 2.56 bits per heavy atom. The molecule has 0 bridgehead atoms. The lowest BCUT2D eigenvalue weighted by atomic mass is 10.3. The van der Waals surface area contributed by atoms with Crippen LogP contribution >= 0.6 is 0 Å². The summed E-state index contributed by atoms with van der Waals surface area (Å²) in [7, 11) is -1.59. The average molecular weight is 243 g/mol. The molecule has 0 saturated heterocycles. The molecule has 90 valence electrons. The third kappa shape index (κ3) is 3.50.